The Balaban J connectivity index is 1.26. The Labute approximate surface area is 172 Å². The van der Waals surface area contributed by atoms with Gasteiger partial charge in [-0.2, -0.15) is 0 Å². The van der Waals surface area contributed by atoms with Crippen LogP contribution in [0.3, 0.4) is 0 Å². The fraction of sp³-hybridized carbons (Fsp3) is 0.350. The zero-order chi connectivity index (χ0) is 20.5. The van der Waals surface area contributed by atoms with E-state index in [1.807, 2.05) is 0 Å². The number of nitrogens with zero attached hydrogens (tertiary/aromatic N) is 7. The fourth-order valence-corrected chi connectivity index (χ4v) is 3.77. The van der Waals surface area contributed by atoms with E-state index in [1.165, 1.54) is 12.1 Å². The van der Waals surface area contributed by atoms with Gasteiger partial charge in [0.25, 0.3) is 5.91 Å². The maximum Gasteiger partial charge on any atom is 0.276 e. The lowest BCUT2D eigenvalue weighted by Crippen LogP contribution is -2.49. The molecule has 1 fully saturated rings. The molecule has 30 heavy (non-hydrogen) atoms. The van der Waals surface area contributed by atoms with Crippen molar-refractivity contribution in [3.8, 4) is 0 Å². The van der Waals surface area contributed by atoms with E-state index < -0.39 is 0 Å². The summed E-state index contributed by atoms with van der Waals surface area (Å²) in [5.74, 6) is 0.238. The third-order valence-electron chi connectivity index (χ3n) is 5.44. The van der Waals surface area contributed by atoms with Gasteiger partial charge in [-0.15, -0.1) is 5.10 Å². The quantitative estimate of drug-likeness (QED) is 0.647. The van der Waals surface area contributed by atoms with E-state index in [2.05, 4.69) is 25.2 Å². The van der Waals surface area contributed by atoms with E-state index in [9.17, 15) is 9.18 Å². The molecule has 9 nitrogen and oxygen atoms in total. The van der Waals surface area contributed by atoms with Crippen LogP contribution in [0.4, 0.5) is 10.3 Å². The maximum atomic E-state index is 13.2. The summed E-state index contributed by atoms with van der Waals surface area (Å²) in [5.41, 5.74) is 1.87. The number of aromatic nitrogens is 5. The van der Waals surface area contributed by atoms with Crippen molar-refractivity contribution in [3.05, 3.63) is 65.5 Å². The Bertz CT molecular complexity index is 1030. The lowest BCUT2D eigenvalue weighted by atomic mass is 10.1. The normalized spacial score (nSPS) is 18.9. The smallest absolute Gasteiger partial charge is 0.276 e. The zero-order valence-corrected chi connectivity index (χ0v) is 16.2. The molecule has 1 amide bonds. The molecule has 5 rings (SSSR count). The first-order valence-corrected chi connectivity index (χ1v) is 9.80. The van der Waals surface area contributed by atoms with Crippen molar-refractivity contribution in [2.45, 2.75) is 19.3 Å². The van der Waals surface area contributed by atoms with Gasteiger partial charge < -0.3 is 14.5 Å². The Morgan fingerprint density at radius 3 is 2.53 bits per heavy atom. The molecule has 2 aliphatic rings. The van der Waals surface area contributed by atoms with Crippen LogP contribution in [0.2, 0.25) is 0 Å². The molecular weight excluding hydrogens is 389 g/mol. The van der Waals surface area contributed by atoms with Crippen molar-refractivity contribution in [3.63, 3.8) is 0 Å². The minimum absolute atomic E-state index is 0.145. The highest BCUT2D eigenvalue weighted by Crippen LogP contribution is 2.27. The highest BCUT2D eigenvalue weighted by atomic mass is 19.1. The third kappa shape index (κ3) is 3.50. The second-order valence-electron chi connectivity index (χ2n) is 7.25. The van der Waals surface area contributed by atoms with Gasteiger partial charge in [0.15, 0.2) is 5.69 Å². The predicted molar refractivity (Wildman–Crippen MR) is 104 cm³/mol. The summed E-state index contributed by atoms with van der Waals surface area (Å²) in [6.45, 7) is 3.09. The number of piperazine rings is 1. The van der Waals surface area contributed by atoms with E-state index >= 15 is 0 Å². The van der Waals surface area contributed by atoms with Gasteiger partial charge in [-0.3, -0.25) is 4.79 Å². The van der Waals surface area contributed by atoms with Crippen LogP contribution in [0.25, 0.3) is 0 Å². The van der Waals surface area contributed by atoms with Gasteiger partial charge in [-0.05, 0) is 23.8 Å². The van der Waals surface area contributed by atoms with Crippen molar-refractivity contribution in [2.75, 3.05) is 31.1 Å². The first kappa shape index (κ1) is 18.6. The molecule has 0 aliphatic carbocycles. The number of ether oxygens (including phenoxy) is 1. The summed E-state index contributed by atoms with van der Waals surface area (Å²) in [4.78, 5) is 25.4. The standard InChI is InChI=1S/C20H20FN7O2/c21-15-4-2-14(3-5-15)17-12-28-16(13-30-17)18(24-25-28)19(29)26-8-10-27(11-9-26)20-22-6-1-7-23-20/h1-7,17H,8-13H2/t17-/m0/s1. The number of halogens is 1. The fourth-order valence-electron chi connectivity index (χ4n) is 3.77. The van der Waals surface area contributed by atoms with Crippen molar-refractivity contribution in [2.24, 2.45) is 0 Å². The molecule has 10 heteroatoms. The van der Waals surface area contributed by atoms with Gasteiger partial charge >= 0.3 is 0 Å². The SMILES string of the molecule is O=C(c1nnn2c1CO[C@H](c1ccc(F)cc1)C2)N1CCN(c2ncccn2)CC1. The molecular formula is C20H20FN7O2. The first-order chi connectivity index (χ1) is 14.7. The maximum absolute atomic E-state index is 13.2. The van der Waals surface area contributed by atoms with E-state index in [-0.39, 0.29) is 24.4 Å². The predicted octanol–water partition coefficient (Wildman–Crippen LogP) is 1.44. The average Bonchev–Trinajstić information content (AvgIpc) is 3.23. The number of hydrogen-bond acceptors (Lipinski definition) is 7. The van der Waals surface area contributed by atoms with Crippen LogP contribution in [0.1, 0.15) is 27.8 Å². The van der Waals surface area contributed by atoms with Crippen molar-refractivity contribution in [1.82, 2.24) is 29.9 Å². The van der Waals surface area contributed by atoms with Crippen molar-refractivity contribution in [1.29, 1.82) is 0 Å². The Morgan fingerprint density at radius 2 is 1.80 bits per heavy atom. The Hall–Kier alpha value is -3.40. The average molecular weight is 409 g/mol. The lowest BCUT2D eigenvalue weighted by molar-refractivity contribution is -0.00199. The molecule has 4 heterocycles. The van der Waals surface area contributed by atoms with Crippen molar-refractivity contribution < 1.29 is 13.9 Å². The number of amides is 1. The van der Waals surface area contributed by atoms with Gasteiger partial charge in [0, 0.05) is 38.6 Å². The molecule has 0 spiro atoms. The zero-order valence-electron chi connectivity index (χ0n) is 16.2. The monoisotopic (exact) mass is 409 g/mol. The molecule has 0 radical (unpaired) electrons. The van der Waals surface area contributed by atoms with E-state index in [1.54, 1.807) is 40.2 Å². The molecule has 0 N–H and O–H groups in total. The van der Waals surface area contributed by atoms with E-state index in [0.29, 0.717) is 50.1 Å². The topological polar surface area (TPSA) is 89.3 Å². The summed E-state index contributed by atoms with van der Waals surface area (Å²) in [6.07, 6.45) is 3.17. The molecule has 1 saturated heterocycles. The van der Waals surface area contributed by atoms with Crippen LogP contribution in [0.15, 0.2) is 42.7 Å². The van der Waals surface area contributed by atoms with Gasteiger partial charge in [0.2, 0.25) is 5.95 Å². The first-order valence-electron chi connectivity index (χ1n) is 9.80. The van der Waals surface area contributed by atoms with Crippen LogP contribution >= 0.6 is 0 Å². The molecule has 0 unspecified atom stereocenters. The summed E-state index contributed by atoms with van der Waals surface area (Å²) in [6, 6.07) is 7.99. The van der Waals surface area contributed by atoms with Gasteiger partial charge in [0.1, 0.15) is 11.9 Å². The van der Waals surface area contributed by atoms with Crippen molar-refractivity contribution >= 4 is 11.9 Å². The molecule has 3 aromatic rings. The van der Waals surface area contributed by atoms with Crippen LogP contribution in [-0.2, 0) is 17.9 Å². The largest absolute Gasteiger partial charge is 0.365 e. The second kappa shape index (κ2) is 7.79. The van der Waals surface area contributed by atoms with Gasteiger partial charge in [0.05, 0.1) is 18.8 Å². The second-order valence-corrected chi connectivity index (χ2v) is 7.25. The summed E-state index contributed by atoms with van der Waals surface area (Å²) < 4.78 is 20.8. The minimum Gasteiger partial charge on any atom is -0.365 e. The Morgan fingerprint density at radius 1 is 1.07 bits per heavy atom. The van der Waals surface area contributed by atoms with E-state index in [0.717, 1.165) is 5.56 Å². The summed E-state index contributed by atoms with van der Waals surface area (Å²) in [5, 5.41) is 8.30. The van der Waals surface area contributed by atoms with Gasteiger partial charge in [-0.25, -0.2) is 19.0 Å². The van der Waals surface area contributed by atoms with Crippen LogP contribution in [0.5, 0.6) is 0 Å². The molecule has 0 bridgehead atoms. The Kier molecular flexibility index (Phi) is 4.83. The molecule has 154 valence electrons. The number of benzene rings is 1. The lowest BCUT2D eigenvalue weighted by Gasteiger charge is -2.34. The molecule has 0 saturated carbocycles. The molecule has 1 aromatic carbocycles. The molecule has 2 aromatic heterocycles. The highest BCUT2D eigenvalue weighted by molar-refractivity contribution is 5.93. The molecule has 2 aliphatic heterocycles. The van der Waals surface area contributed by atoms with Crippen LogP contribution < -0.4 is 4.90 Å². The molecule has 1 atom stereocenters. The third-order valence-corrected chi connectivity index (χ3v) is 5.44. The number of carbonyl (C=O) groups excluding carboxylic acids is 1. The number of hydrogen-bond donors (Lipinski definition) is 0. The summed E-state index contributed by atoms with van der Waals surface area (Å²) in [7, 11) is 0. The number of rotatable bonds is 3. The van der Waals surface area contributed by atoms with Gasteiger partial charge in [-0.1, -0.05) is 17.3 Å². The number of carbonyl (C=O) groups is 1. The van der Waals surface area contributed by atoms with E-state index in [4.69, 9.17) is 4.74 Å². The summed E-state index contributed by atoms with van der Waals surface area (Å²) >= 11 is 0. The minimum atomic E-state index is -0.289. The van der Waals surface area contributed by atoms with Crippen LogP contribution in [0, 0.1) is 5.82 Å². The highest BCUT2D eigenvalue weighted by Gasteiger charge is 2.31. The number of fused-ring (bicyclic) bond motifs is 1. The number of anilines is 1. The van der Waals surface area contributed by atoms with Crippen LogP contribution in [-0.4, -0.2) is 61.9 Å².